The summed E-state index contributed by atoms with van der Waals surface area (Å²) in [5.41, 5.74) is 0.719. The van der Waals surface area contributed by atoms with E-state index in [-0.39, 0.29) is 11.7 Å². The van der Waals surface area contributed by atoms with Crippen LogP contribution in [0.2, 0.25) is 0 Å². The molecule has 1 aromatic rings. The minimum Gasteiger partial charge on any atom is -0.480 e. The van der Waals surface area contributed by atoms with Crippen LogP contribution in [-0.2, 0) is 4.79 Å². The van der Waals surface area contributed by atoms with Crippen molar-refractivity contribution >= 4 is 5.97 Å². The van der Waals surface area contributed by atoms with Gasteiger partial charge in [-0.25, -0.2) is 4.39 Å². The van der Waals surface area contributed by atoms with E-state index in [4.69, 9.17) is 5.11 Å². The Hall–Kier alpha value is -1.46. The van der Waals surface area contributed by atoms with Gasteiger partial charge in [0.25, 0.3) is 0 Å². The first kappa shape index (κ1) is 14.9. The van der Waals surface area contributed by atoms with Crippen LogP contribution in [0.1, 0.15) is 31.4 Å². The zero-order chi connectivity index (χ0) is 14.7. The molecule has 2 atom stereocenters. The van der Waals surface area contributed by atoms with E-state index < -0.39 is 18.1 Å². The molecule has 1 aromatic carbocycles. The van der Waals surface area contributed by atoms with Crippen molar-refractivity contribution < 1.29 is 19.4 Å². The summed E-state index contributed by atoms with van der Waals surface area (Å²) in [5.74, 6) is -1.04. The van der Waals surface area contributed by atoms with Gasteiger partial charge in [-0.15, -0.1) is 0 Å². The second-order valence-electron chi connectivity index (χ2n) is 5.38. The zero-order valence-corrected chi connectivity index (χ0v) is 11.5. The first-order chi connectivity index (χ1) is 9.49. The van der Waals surface area contributed by atoms with Crippen LogP contribution in [0.5, 0.6) is 0 Å². The Morgan fingerprint density at radius 3 is 2.35 bits per heavy atom. The Morgan fingerprint density at radius 2 is 1.85 bits per heavy atom. The Labute approximate surface area is 117 Å². The molecule has 0 saturated carbocycles. The molecule has 5 heteroatoms. The molecule has 1 heterocycles. The molecule has 20 heavy (non-hydrogen) atoms. The van der Waals surface area contributed by atoms with E-state index in [1.807, 2.05) is 4.90 Å². The molecule has 0 amide bonds. The molecule has 2 rings (SSSR count). The van der Waals surface area contributed by atoms with Crippen LogP contribution in [0.25, 0.3) is 0 Å². The molecule has 2 unspecified atom stereocenters. The normalized spacial score (nSPS) is 20.6. The number of hydrogen-bond acceptors (Lipinski definition) is 3. The number of aliphatic hydroxyl groups excluding tert-OH is 1. The number of halogens is 1. The van der Waals surface area contributed by atoms with Gasteiger partial charge in [-0.2, -0.15) is 0 Å². The van der Waals surface area contributed by atoms with Crippen LogP contribution in [0.15, 0.2) is 24.3 Å². The van der Waals surface area contributed by atoms with Crippen molar-refractivity contribution in [2.24, 2.45) is 5.92 Å². The predicted molar refractivity (Wildman–Crippen MR) is 72.8 cm³/mol. The molecule has 0 bridgehead atoms. The average Bonchev–Trinajstić information content (AvgIpc) is 2.46. The van der Waals surface area contributed by atoms with Gasteiger partial charge in [0.15, 0.2) is 0 Å². The Balaban J connectivity index is 1.93. The highest BCUT2D eigenvalue weighted by molar-refractivity contribution is 5.72. The fourth-order valence-corrected chi connectivity index (χ4v) is 2.71. The highest BCUT2D eigenvalue weighted by Gasteiger charge is 2.30. The third-order valence-corrected chi connectivity index (χ3v) is 4.14. The molecule has 0 spiro atoms. The van der Waals surface area contributed by atoms with Crippen LogP contribution in [0.4, 0.5) is 4.39 Å². The molecule has 0 radical (unpaired) electrons. The van der Waals surface area contributed by atoms with Crippen LogP contribution in [0.3, 0.4) is 0 Å². The standard InChI is InChI=1S/C15H20FNO3/c1-10(15(19)20)17-8-6-12(7-9-17)14(18)11-2-4-13(16)5-3-11/h2-5,10,12,14,18H,6-9H2,1H3,(H,19,20). The van der Waals surface area contributed by atoms with E-state index in [1.54, 1.807) is 19.1 Å². The summed E-state index contributed by atoms with van der Waals surface area (Å²) in [6.07, 6.45) is 0.879. The van der Waals surface area contributed by atoms with Gasteiger partial charge in [-0.3, -0.25) is 9.69 Å². The lowest BCUT2D eigenvalue weighted by Gasteiger charge is -2.36. The second-order valence-corrected chi connectivity index (χ2v) is 5.38. The smallest absolute Gasteiger partial charge is 0.320 e. The van der Waals surface area contributed by atoms with Crippen molar-refractivity contribution in [1.82, 2.24) is 4.90 Å². The van der Waals surface area contributed by atoms with E-state index in [9.17, 15) is 14.3 Å². The lowest BCUT2D eigenvalue weighted by molar-refractivity contribution is -0.143. The number of aliphatic carboxylic acids is 1. The highest BCUT2D eigenvalue weighted by Crippen LogP contribution is 2.31. The molecular weight excluding hydrogens is 261 g/mol. The van der Waals surface area contributed by atoms with E-state index >= 15 is 0 Å². The summed E-state index contributed by atoms with van der Waals surface area (Å²) < 4.78 is 12.9. The minimum absolute atomic E-state index is 0.0951. The number of nitrogens with zero attached hydrogens (tertiary/aromatic N) is 1. The van der Waals surface area contributed by atoms with Gasteiger partial charge in [-0.1, -0.05) is 12.1 Å². The van der Waals surface area contributed by atoms with Gasteiger partial charge in [0.05, 0.1) is 6.10 Å². The summed E-state index contributed by atoms with van der Waals surface area (Å²) in [5, 5.41) is 19.3. The van der Waals surface area contributed by atoms with Gasteiger partial charge < -0.3 is 10.2 Å². The van der Waals surface area contributed by atoms with Crippen molar-refractivity contribution in [3.8, 4) is 0 Å². The number of hydrogen-bond donors (Lipinski definition) is 2. The monoisotopic (exact) mass is 281 g/mol. The van der Waals surface area contributed by atoms with Crippen molar-refractivity contribution in [3.05, 3.63) is 35.6 Å². The van der Waals surface area contributed by atoms with E-state index in [2.05, 4.69) is 0 Å². The number of carboxylic acids is 1. The van der Waals surface area contributed by atoms with Gasteiger partial charge in [0.2, 0.25) is 0 Å². The maximum Gasteiger partial charge on any atom is 0.320 e. The average molecular weight is 281 g/mol. The highest BCUT2D eigenvalue weighted by atomic mass is 19.1. The maximum atomic E-state index is 12.9. The molecule has 1 saturated heterocycles. The molecule has 110 valence electrons. The number of aliphatic hydroxyl groups is 1. The van der Waals surface area contributed by atoms with E-state index in [0.717, 1.165) is 18.4 Å². The minimum atomic E-state index is -0.817. The van der Waals surface area contributed by atoms with E-state index in [1.165, 1.54) is 12.1 Å². The molecule has 2 N–H and O–H groups in total. The SMILES string of the molecule is CC(C(=O)O)N1CCC(C(O)c2ccc(F)cc2)CC1. The third-order valence-electron chi connectivity index (χ3n) is 4.14. The van der Waals surface area contributed by atoms with Crippen LogP contribution in [0, 0.1) is 11.7 Å². The fraction of sp³-hybridized carbons (Fsp3) is 0.533. The number of rotatable bonds is 4. The lowest BCUT2D eigenvalue weighted by atomic mass is 9.87. The number of carboxylic acid groups (broad SMARTS) is 1. The molecule has 1 aliphatic rings. The fourth-order valence-electron chi connectivity index (χ4n) is 2.71. The van der Waals surface area contributed by atoms with Gasteiger partial charge in [-0.05, 0) is 56.5 Å². The van der Waals surface area contributed by atoms with Crippen molar-refractivity contribution in [3.63, 3.8) is 0 Å². The first-order valence-electron chi connectivity index (χ1n) is 6.89. The Bertz CT molecular complexity index is 455. The Kier molecular flexibility index (Phi) is 4.73. The molecule has 4 nitrogen and oxygen atoms in total. The van der Waals surface area contributed by atoms with Crippen LogP contribution in [-0.4, -0.2) is 40.2 Å². The topological polar surface area (TPSA) is 60.8 Å². The van der Waals surface area contributed by atoms with Crippen molar-refractivity contribution in [2.45, 2.75) is 31.9 Å². The van der Waals surface area contributed by atoms with Crippen molar-refractivity contribution in [2.75, 3.05) is 13.1 Å². The number of carbonyl (C=O) groups is 1. The molecule has 0 aromatic heterocycles. The molecule has 1 fully saturated rings. The molecule has 1 aliphatic heterocycles. The largest absolute Gasteiger partial charge is 0.480 e. The molecular formula is C15H20FNO3. The van der Waals surface area contributed by atoms with E-state index in [0.29, 0.717) is 13.1 Å². The predicted octanol–water partition coefficient (Wildman–Crippen LogP) is 2.04. The van der Waals surface area contributed by atoms with Gasteiger partial charge >= 0.3 is 5.97 Å². The summed E-state index contributed by atoms with van der Waals surface area (Å²) in [7, 11) is 0. The summed E-state index contributed by atoms with van der Waals surface area (Å²) in [4.78, 5) is 12.9. The van der Waals surface area contributed by atoms with Gasteiger partial charge in [0.1, 0.15) is 11.9 Å². The van der Waals surface area contributed by atoms with Crippen LogP contribution < -0.4 is 0 Å². The quantitative estimate of drug-likeness (QED) is 0.886. The number of likely N-dealkylation sites (tertiary alicyclic amines) is 1. The number of benzene rings is 1. The molecule has 0 aliphatic carbocycles. The third kappa shape index (κ3) is 3.35. The van der Waals surface area contributed by atoms with Crippen molar-refractivity contribution in [1.29, 1.82) is 0 Å². The second kappa shape index (κ2) is 6.33. The van der Waals surface area contributed by atoms with Gasteiger partial charge in [0, 0.05) is 0 Å². The maximum absolute atomic E-state index is 12.9. The number of piperidine rings is 1. The van der Waals surface area contributed by atoms with Crippen LogP contribution >= 0.6 is 0 Å². The lowest BCUT2D eigenvalue weighted by Crippen LogP contribution is -2.44. The zero-order valence-electron chi connectivity index (χ0n) is 11.5. The summed E-state index contributed by atoms with van der Waals surface area (Å²) >= 11 is 0. The Morgan fingerprint density at radius 1 is 1.30 bits per heavy atom. The summed E-state index contributed by atoms with van der Waals surface area (Å²) in [6, 6.07) is 5.41. The first-order valence-corrected chi connectivity index (χ1v) is 6.89. The summed E-state index contributed by atoms with van der Waals surface area (Å²) in [6.45, 7) is 3.01.